The standard InChI is InChI=1S/C18H19ClFN3O/c1-23-8-2-3-15(23)12-24-16-10-14(18(19)22-11-16)5-4-13-6-7-21-17(20)9-13/h4-7,9-11,15H,2-3,8,12H2,1H3/b5-4+/t15-/m0/s1. The van der Waals surface area contributed by atoms with Gasteiger partial charge in [0, 0.05) is 23.9 Å². The third kappa shape index (κ3) is 4.30. The molecule has 1 aliphatic heterocycles. The molecule has 2 aromatic rings. The summed E-state index contributed by atoms with van der Waals surface area (Å²) in [5.74, 6) is 0.166. The summed E-state index contributed by atoms with van der Waals surface area (Å²) < 4.78 is 19.0. The fourth-order valence-electron chi connectivity index (χ4n) is 2.73. The van der Waals surface area contributed by atoms with E-state index in [-0.39, 0.29) is 0 Å². The van der Waals surface area contributed by atoms with E-state index in [1.165, 1.54) is 18.7 Å². The highest BCUT2D eigenvalue weighted by molar-refractivity contribution is 6.31. The maximum atomic E-state index is 13.1. The molecule has 126 valence electrons. The van der Waals surface area contributed by atoms with E-state index in [9.17, 15) is 4.39 Å². The van der Waals surface area contributed by atoms with Gasteiger partial charge in [0.25, 0.3) is 0 Å². The predicted molar refractivity (Wildman–Crippen MR) is 93.5 cm³/mol. The van der Waals surface area contributed by atoms with Gasteiger partial charge in [0.15, 0.2) is 0 Å². The third-order valence-corrected chi connectivity index (χ3v) is 4.48. The van der Waals surface area contributed by atoms with Crippen LogP contribution < -0.4 is 4.74 Å². The van der Waals surface area contributed by atoms with E-state index in [1.807, 2.05) is 6.07 Å². The molecule has 2 aromatic heterocycles. The van der Waals surface area contributed by atoms with Gasteiger partial charge in [-0.1, -0.05) is 23.8 Å². The van der Waals surface area contributed by atoms with Crippen molar-refractivity contribution in [2.24, 2.45) is 0 Å². The summed E-state index contributed by atoms with van der Waals surface area (Å²) in [5, 5.41) is 0.381. The summed E-state index contributed by atoms with van der Waals surface area (Å²) in [5.41, 5.74) is 1.43. The summed E-state index contributed by atoms with van der Waals surface area (Å²) in [4.78, 5) is 10.0. The van der Waals surface area contributed by atoms with E-state index in [2.05, 4.69) is 21.9 Å². The Labute approximate surface area is 145 Å². The summed E-state index contributed by atoms with van der Waals surface area (Å²) >= 11 is 6.13. The van der Waals surface area contributed by atoms with Crippen molar-refractivity contribution in [3.63, 3.8) is 0 Å². The number of likely N-dealkylation sites (tertiary alicyclic amines) is 1. The van der Waals surface area contributed by atoms with Crippen LogP contribution in [-0.2, 0) is 0 Å². The molecule has 0 spiro atoms. The zero-order valence-corrected chi connectivity index (χ0v) is 14.2. The molecule has 0 bridgehead atoms. The Balaban J connectivity index is 1.69. The van der Waals surface area contributed by atoms with Crippen molar-refractivity contribution in [2.75, 3.05) is 20.2 Å². The lowest BCUT2D eigenvalue weighted by atomic mass is 10.2. The molecular weight excluding hydrogens is 329 g/mol. The van der Waals surface area contributed by atoms with Gasteiger partial charge in [-0.15, -0.1) is 0 Å². The monoisotopic (exact) mass is 347 g/mol. The average molecular weight is 348 g/mol. The minimum absolute atomic E-state index is 0.381. The Morgan fingerprint density at radius 3 is 3.00 bits per heavy atom. The highest BCUT2D eigenvalue weighted by Gasteiger charge is 2.21. The smallest absolute Gasteiger partial charge is 0.213 e. The van der Waals surface area contributed by atoms with Crippen molar-refractivity contribution in [2.45, 2.75) is 18.9 Å². The number of nitrogens with zero attached hydrogens (tertiary/aromatic N) is 3. The van der Waals surface area contributed by atoms with Crippen LogP contribution in [0, 0.1) is 5.95 Å². The van der Waals surface area contributed by atoms with Crippen LogP contribution >= 0.6 is 11.6 Å². The van der Waals surface area contributed by atoms with Crippen LogP contribution in [0.25, 0.3) is 12.2 Å². The molecular formula is C18H19ClFN3O. The number of hydrogen-bond acceptors (Lipinski definition) is 4. The Bertz CT molecular complexity index is 738. The zero-order valence-electron chi connectivity index (χ0n) is 13.5. The van der Waals surface area contributed by atoms with Gasteiger partial charge in [-0.25, -0.2) is 9.97 Å². The van der Waals surface area contributed by atoms with Crippen LogP contribution in [0.1, 0.15) is 24.0 Å². The van der Waals surface area contributed by atoms with Crippen molar-refractivity contribution in [3.05, 3.63) is 52.8 Å². The predicted octanol–water partition coefficient (Wildman–Crippen LogP) is 3.91. The van der Waals surface area contributed by atoms with E-state index in [1.54, 1.807) is 24.4 Å². The molecule has 3 heterocycles. The number of ether oxygens (including phenoxy) is 1. The Morgan fingerprint density at radius 1 is 1.38 bits per heavy atom. The summed E-state index contributed by atoms with van der Waals surface area (Å²) in [7, 11) is 2.11. The lowest BCUT2D eigenvalue weighted by Crippen LogP contribution is -2.30. The van der Waals surface area contributed by atoms with E-state index in [0.29, 0.717) is 29.1 Å². The molecule has 1 aliphatic rings. The Morgan fingerprint density at radius 2 is 2.25 bits per heavy atom. The maximum absolute atomic E-state index is 13.1. The second kappa shape index (κ2) is 7.73. The van der Waals surface area contributed by atoms with Gasteiger partial charge >= 0.3 is 0 Å². The molecule has 0 amide bonds. The largest absolute Gasteiger partial charge is 0.490 e. The number of pyridine rings is 2. The molecule has 0 N–H and O–H groups in total. The minimum atomic E-state index is -0.515. The first-order chi connectivity index (χ1) is 11.6. The van der Waals surface area contributed by atoms with E-state index in [0.717, 1.165) is 18.5 Å². The highest BCUT2D eigenvalue weighted by Crippen LogP contribution is 2.23. The number of likely N-dealkylation sites (N-methyl/N-ethyl adjacent to an activating group) is 1. The van der Waals surface area contributed by atoms with Crippen molar-refractivity contribution >= 4 is 23.8 Å². The first kappa shape index (κ1) is 16.9. The van der Waals surface area contributed by atoms with Crippen molar-refractivity contribution in [3.8, 4) is 5.75 Å². The lowest BCUT2D eigenvalue weighted by Gasteiger charge is -2.19. The molecule has 0 radical (unpaired) electrons. The van der Waals surface area contributed by atoms with E-state index >= 15 is 0 Å². The molecule has 3 rings (SSSR count). The second-order valence-corrected chi connectivity index (χ2v) is 6.24. The van der Waals surface area contributed by atoms with Crippen LogP contribution in [0.2, 0.25) is 5.15 Å². The van der Waals surface area contributed by atoms with Crippen LogP contribution in [0.15, 0.2) is 30.6 Å². The molecule has 4 nitrogen and oxygen atoms in total. The van der Waals surface area contributed by atoms with Gasteiger partial charge in [0.2, 0.25) is 5.95 Å². The molecule has 0 aromatic carbocycles. The fraction of sp³-hybridized carbons (Fsp3) is 0.333. The van der Waals surface area contributed by atoms with Crippen LogP contribution in [0.4, 0.5) is 4.39 Å². The molecule has 6 heteroatoms. The van der Waals surface area contributed by atoms with E-state index < -0.39 is 5.95 Å². The van der Waals surface area contributed by atoms with Gasteiger partial charge in [-0.2, -0.15) is 4.39 Å². The zero-order chi connectivity index (χ0) is 16.9. The van der Waals surface area contributed by atoms with Gasteiger partial charge in [-0.05, 0) is 44.1 Å². The maximum Gasteiger partial charge on any atom is 0.213 e. The molecule has 1 saturated heterocycles. The molecule has 1 fully saturated rings. The lowest BCUT2D eigenvalue weighted by molar-refractivity contribution is 0.198. The average Bonchev–Trinajstić information content (AvgIpc) is 2.98. The Hall–Kier alpha value is -1.98. The summed E-state index contributed by atoms with van der Waals surface area (Å²) in [6.45, 7) is 1.75. The van der Waals surface area contributed by atoms with Gasteiger partial charge < -0.3 is 9.64 Å². The Kier molecular flexibility index (Phi) is 5.43. The SMILES string of the molecule is CN1CCC[C@H]1COc1cnc(Cl)c(/C=C/c2ccnc(F)c2)c1. The molecule has 1 atom stereocenters. The number of halogens is 2. The second-order valence-electron chi connectivity index (χ2n) is 5.88. The molecule has 0 saturated carbocycles. The van der Waals surface area contributed by atoms with Gasteiger partial charge in [-0.3, -0.25) is 0 Å². The van der Waals surface area contributed by atoms with Crippen LogP contribution in [-0.4, -0.2) is 41.1 Å². The summed E-state index contributed by atoms with van der Waals surface area (Å²) in [6, 6.07) is 5.36. The van der Waals surface area contributed by atoms with Crippen LogP contribution in [0.5, 0.6) is 5.75 Å². The molecule has 24 heavy (non-hydrogen) atoms. The van der Waals surface area contributed by atoms with Crippen molar-refractivity contribution in [1.29, 1.82) is 0 Å². The summed E-state index contributed by atoms with van der Waals surface area (Å²) in [6.07, 6.45) is 8.96. The van der Waals surface area contributed by atoms with Gasteiger partial charge in [0.05, 0.1) is 6.20 Å². The minimum Gasteiger partial charge on any atom is -0.490 e. The van der Waals surface area contributed by atoms with Crippen molar-refractivity contribution in [1.82, 2.24) is 14.9 Å². The van der Waals surface area contributed by atoms with Crippen molar-refractivity contribution < 1.29 is 9.13 Å². The number of aromatic nitrogens is 2. The number of rotatable bonds is 5. The quantitative estimate of drug-likeness (QED) is 0.768. The van der Waals surface area contributed by atoms with Gasteiger partial charge in [0.1, 0.15) is 17.5 Å². The normalized spacial score (nSPS) is 18.4. The number of hydrogen-bond donors (Lipinski definition) is 0. The fourth-order valence-corrected chi connectivity index (χ4v) is 2.90. The highest BCUT2D eigenvalue weighted by atomic mass is 35.5. The first-order valence-electron chi connectivity index (χ1n) is 7.90. The molecule has 0 unspecified atom stereocenters. The first-order valence-corrected chi connectivity index (χ1v) is 8.28. The molecule has 0 aliphatic carbocycles. The third-order valence-electron chi connectivity index (χ3n) is 4.16. The van der Waals surface area contributed by atoms with Crippen LogP contribution in [0.3, 0.4) is 0 Å². The van der Waals surface area contributed by atoms with E-state index in [4.69, 9.17) is 16.3 Å². The topological polar surface area (TPSA) is 38.2 Å².